The largest absolute Gasteiger partial charge is 0.494 e. The van der Waals surface area contributed by atoms with Gasteiger partial charge >= 0.3 is 0 Å². The highest BCUT2D eigenvalue weighted by atomic mass is 32.1. The van der Waals surface area contributed by atoms with Crippen LogP contribution < -0.4 is 14.2 Å². The van der Waals surface area contributed by atoms with Gasteiger partial charge in [0.05, 0.1) is 19.8 Å². The zero-order valence-corrected chi connectivity index (χ0v) is 38.9. The lowest BCUT2D eigenvalue weighted by molar-refractivity contribution is -0.112. The Morgan fingerprint density at radius 2 is 1.13 bits per heavy atom. The molecule has 0 spiro atoms. The number of halogens is 3. The van der Waals surface area contributed by atoms with Crippen molar-refractivity contribution in [3.05, 3.63) is 123 Å². The zero-order chi connectivity index (χ0) is 44.7. The fraction of sp³-hybridized carbons (Fsp3) is 0.413. The van der Waals surface area contributed by atoms with Gasteiger partial charge in [0.1, 0.15) is 34.5 Å². The third kappa shape index (κ3) is 22.6. The van der Waals surface area contributed by atoms with Crippen LogP contribution in [0.2, 0.25) is 0 Å². The third-order valence-corrected chi connectivity index (χ3v) is 10.3. The minimum atomic E-state index is -1.46. The van der Waals surface area contributed by atoms with Crippen LogP contribution in [-0.2, 0) is 24.1 Å². The van der Waals surface area contributed by atoms with Gasteiger partial charge in [-0.05, 0) is 132 Å². The maximum Gasteiger partial charge on any atom is 0.225 e. The number of thiazole rings is 2. The summed E-state index contributed by atoms with van der Waals surface area (Å²) in [5, 5.41) is 13.9. The number of aliphatic hydroxyl groups is 1. The molecule has 15 heteroatoms. The number of carbonyl (C=O) groups excluding carboxylic acids is 2. The normalized spacial score (nSPS) is 12.5. The smallest absolute Gasteiger partial charge is 0.225 e. The van der Waals surface area contributed by atoms with Crippen LogP contribution in [0.5, 0.6) is 17.2 Å². The second-order valence-electron chi connectivity index (χ2n) is 13.2. The van der Waals surface area contributed by atoms with Crippen molar-refractivity contribution in [1.29, 1.82) is 0 Å². The van der Waals surface area contributed by atoms with Crippen molar-refractivity contribution in [2.24, 2.45) is 0 Å². The van der Waals surface area contributed by atoms with Crippen LogP contribution in [0.15, 0.2) is 96.0 Å². The molecule has 5 rings (SSSR count). The summed E-state index contributed by atoms with van der Waals surface area (Å²) in [5.41, 5.74) is 3.41. The minimum Gasteiger partial charge on any atom is -0.494 e. The van der Waals surface area contributed by atoms with E-state index in [4.69, 9.17) is 14.2 Å². The number of Topliss-reactive ketones (excluding diaryl/α,β-unsaturated/α-hetero) is 1. The number of aromatic nitrogens is 2. The number of nitrogens with zero attached hydrogens (tertiary/aromatic N) is 2. The molecule has 0 fully saturated rings. The van der Waals surface area contributed by atoms with E-state index in [0.717, 1.165) is 61.1 Å². The molecule has 5 unspecified atom stereocenters. The predicted octanol–water partition coefficient (Wildman–Crippen LogP) is 12.1. The Morgan fingerprint density at radius 3 is 1.51 bits per heavy atom. The Morgan fingerprint density at radius 1 is 0.721 bits per heavy atom. The van der Waals surface area contributed by atoms with Gasteiger partial charge in [-0.3, -0.25) is 4.79 Å². The topological polar surface area (TPSA) is 108 Å². The number of alkyl halides is 3. The Kier molecular flexibility index (Phi) is 28.5. The Hall–Kier alpha value is -3.99. The van der Waals surface area contributed by atoms with Gasteiger partial charge in [0, 0.05) is 23.2 Å². The highest BCUT2D eigenvalue weighted by molar-refractivity contribution is 8.01. The van der Waals surface area contributed by atoms with E-state index in [1.807, 2.05) is 93.6 Å². The zero-order valence-electron chi connectivity index (χ0n) is 35.2. The summed E-state index contributed by atoms with van der Waals surface area (Å²) in [6.07, 6.45) is 6.93. The van der Waals surface area contributed by atoms with Gasteiger partial charge in [-0.15, -0.1) is 22.7 Å². The Bertz CT molecular complexity index is 1860. The molecule has 0 amide bonds. The van der Waals surface area contributed by atoms with Crippen molar-refractivity contribution in [3.63, 3.8) is 0 Å². The van der Waals surface area contributed by atoms with Gasteiger partial charge in [-0.25, -0.2) is 23.1 Å². The molecule has 3 aromatic carbocycles. The van der Waals surface area contributed by atoms with Crippen LogP contribution >= 0.6 is 39.5 Å². The highest BCUT2D eigenvalue weighted by Gasteiger charge is 2.22. The summed E-state index contributed by atoms with van der Waals surface area (Å²) in [6, 6.07) is 23.4. The van der Waals surface area contributed by atoms with Gasteiger partial charge in [-0.1, -0.05) is 59.5 Å². The number of hydrogen-bond donors (Lipinski definition) is 1. The van der Waals surface area contributed by atoms with Crippen molar-refractivity contribution in [2.75, 3.05) is 19.8 Å². The Balaban J connectivity index is 0.000000308. The summed E-state index contributed by atoms with van der Waals surface area (Å²) >= 11 is 2.46. The summed E-state index contributed by atoms with van der Waals surface area (Å²) in [4.78, 5) is 29.6. The van der Waals surface area contributed by atoms with Crippen LogP contribution in [0, 0.1) is 0 Å². The molecule has 0 aliphatic carbocycles. The molecule has 2 heterocycles. The SMILES string of the molecule is C=PP.CCOc1ccc(CCCC(F)C(=O)c2nccs2)cc1.CCOc1ccc(CCCC(F)C(O)c2nccs2)cc1.CCOc1ccc(CCCC(F)C=O)cc1. The molecule has 0 saturated carbocycles. The summed E-state index contributed by atoms with van der Waals surface area (Å²) in [6.45, 7) is 7.77. The molecule has 332 valence electrons. The predicted molar refractivity (Wildman–Crippen MR) is 250 cm³/mol. The molecule has 1 N–H and O–H groups in total. The molecule has 0 aliphatic rings. The maximum atomic E-state index is 13.9. The number of aldehydes is 1. The fourth-order valence-electron chi connectivity index (χ4n) is 5.62. The molecule has 5 aromatic rings. The average Bonchev–Trinajstić information content (AvgIpc) is 4.03. The number of benzene rings is 3. The molecule has 5 atom stereocenters. The van der Waals surface area contributed by atoms with Crippen molar-refractivity contribution >= 4 is 57.9 Å². The van der Waals surface area contributed by atoms with Crippen molar-refractivity contribution < 1.29 is 42.1 Å². The van der Waals surface area contributed by atoms with E-state index >= 15 is 0 Å². The second-order valence-corrected chi connectivity index (χ2v) is 16.5. The average molecular weight is 919 g/mol. The van der Waals surface area contributed by atoms with Gasteiger partial charge < -0.3 is 24.1 Å². The molecule has 0 radical (unpaired) electrons. The van der Waals surface area contributed by atoms with E-state index in [2.05, 4.69) is 25.2 Å². The van der Waals surface area contributed by atoms with Crippen molar-refractivity contribution in [2.45, 2.75) is 103 Å². The molecule has 2 aromatic heterocycles. The number of carbonyl (C=O) groups is 2. The first-order chi connectivity index (χ1) is 29.6. The number of aryl methyl sites for hydroxylation is 3. The monoisotopic (exact) mass is 918 g/mol. The van der Waals surface area contributed by atoms with Gasteiger partial charge in [0.2, 0.25) is 5.78 Å². The van der Waals surface area contributed by atoms with Crippen LogP contribution in [0.4, 0.5) is 13.2 Å². The van der Waals surface area contributed by atoms with Crippen molar-refractivity contribution in [3.8, 4) is 17.2 Å². The van der Waals surface area contributed by atoms with E-state index in [0.29, 0.717) is 63.2 Å². The first kappa shape index (κ1) is 53.1. The number of ketones is 1. The van der Waals surface area contributed by atoms with Gasteiger partial charge in [0.25, 0.3) is 0 Å². The quantitative estimate of drug-likeness (QED) is 0.0392. The minimum absolute atomic E-state index is 0.228. The fourth-order valence-corrected chi connectivity index (χ4v) is 6.90. The van der Waals surface area contributed by atoms with E-state index in [1.54, 1.807) is 17.0 Å². The van der Waals surface area contributed by atoms with E-state index in [9.17, 15) is 27.9 Å². The standard InChI is InChI=1S/C16H20FNO2S.C16H18FNO2S.C13H17FO2.CH4P2/c2*1-2-20-13-8-6-12(7-9-13)4-3-5-14(17)15(19)16-18-10-11-21-16;1-2-16-13-8-6-11(7-9-13)4-3-5-12(14)10-15;1-3-2/h6-11,14-15,19H,2-5H2,1H3;6-11,14H,2-5H2,1H3;6-10,12H,2-5H2,1H3;1-2H2. The van der Waals surface area contributed by atoms with E-state index in [1.165, 1.54) is 28.9 Å². The van der Waals surface area contributed by atoms with Crippen LogP contribution in [-0.4, -0.2) is 71.8 Å². The number of aliphatic hydroxyl groups excluding tert-OH is 1. The second kappa shape index (κ2) is 32.7. The Labute approximate surface area is 371 Å². The van der Waals surface area contributed by atoms with Crippen LogP contribution in [0.3, 0.4) is 0 Å². The molecule has 0 saturated heterocycles. The molecule has 0 aliphatic heterocycles. The van der Waals surface area contributed by atoms with Gasteiger partial charge in [0.15, 0.2) is 23.6 Å². The lowest BCUT2D eigenvalue weighted by Crippen LogP contribution is -2.15. The first-order valence-corrected chi connectivity index (χ1v) is 24.7. The van der Waals surface area contributed by atoms with E-state index in [-0.39, 0.29) is 11.4 Å². The molecule has 8 nitrogen and oxygen atoms in total. The van der Waals surface area contributed by atoms with Crippen LogP contribution in [0.1, 0.15) is 96.9 Å². The molecular weight excluding hydrogens is 860 g/mol. The lowest BCUT2D eigenvalue weighted by Gasteiger charge is -2.13. The van der Waals surface area contributed by atoms with Crippen molar-refractivity contribution in [1.82, 2.24) is 9.97 Å². The summed E-state index contributed by atoms with van der Waals surface area (Å²) in [5.74, 6) is 2.03. The lowest BCUT2D eigenvalue weighted by atomic mass is 10.0. The number of rotatable bonds is 23. The van der Waals surface area contributed by atoms with E-state index < -0.39 is 30.4 Å². The summed E-state index contributed by atoms with van der Waals surface area (Å²) in [7, 11) is 3.52. The molecule has 0 bridgehead atoms. The maximum absolute atomic E-state index is 13.9. The molecule has 61 heavy (non-hydrogen) atoms. The third-order valence-electron chi connectivity index (χ3n) is 8.64. The highest BCUT2D eigenvalue weighted by Crippen LogP contribution is 2.25. The van der Waals surface area contributed by atoms with Crippen LogP contribution in [0.25, 0.3) is 0 Å². The first-order valence-electron chi connectivity index (χ1n) is 20.3. The van der Waals surface area contributed by atoms with Gasteiger partial charge in [-0.2, -0.15) is 0 Å². The number of hydrogen-bond acceptors (Lipinski definition) is 10. The summed E-state index contributed by atoms with van der Waals surface area (Å²) < 4.78 is 56.4. The number of ether oxygens (including phenoxy) is 3. The molecular formula is C46H59F3N2O6P2S2.